The molecular weight excluding hydrogens is 521 g/mol. The van der Waals surface area contributed by atoms with Gasteiger partial charge in [-0.25, -0.2) is 4.39 Å². The number of anilines is 2. The first-order chi connectivity index (χ1) is 17.6. The molecule has 2 aliphatic rings. The van der Waals surface area contributed by atoms with Crippen molar-refractivity contribution in [2.45, 2.75) is 45.7 Å². The monoisotopic (exact) mass is 550 g/mol. The number of pyridine rings is 1. The lowest BCUT2D eigenvalue weighted by molar-refractivity contribution is 0.260. The maximum absolute atomic E-state index is 13.8. The molecule has 3 aromatic rings. The molecule has 186 valence electrons. The number of halogens is 2. The van der Waals surface area contributed by atoms with Crippen LogP contribution in [0.25, 0.3) is 10.9 Å². The molecule has 1 unspecified atom stereocenters. The largest absolute Gasteiger partial charge is 0.383 e. The highest BCUT2D eigenvalue weighted by molar-refractivity contribution is 9.10. The van der Waals surface area contributed by atoms with E-state index in [1.807, 2.05) is 23.3 Å². The molecule has 1 atom stereocenters. The van der Waals surface area contributed by atoms with Gasteiger partial charge in [-0.2, -0.15) is 5.26 Å². The molecule has 9 heteroatoms. The van der Waals surface area contributed by atoms with E-state index >= 15 is 0 Å². The number of hydrogen-bond acceptors (Lipinski definition) is 7. The van der Waals surface area contributed by atoms with Gasteiger partial charge in [0.2, 0.25) is 0 Å². The Hall–Kier alpha value is -3.35. The molecule has 5 rings (SSSR count). The van der Waals surface area contributed by atoms with Crippen molar-refractivity contribution in [3.8, 4) is 6.07 Å². The maximum Gasteiger partial charge on any atom is 0.123 e. The summed E-state index contributed by atoms with van der Waals surface area (Å²) in [5.41, 5.74) is 9.90. The Bertz CT molecular complexity index is 1410. The summed E-state index contributed by atoms with van der Waals surface area (Å²) in [6, 6.07) is 10.9. The van der Waals surface area contributed by atoms with Gasteiger partial charge in [-0.15, -0.1) is 5.53 Å². The van der Waals surface area contributed by atoms with Crippen molar-refractivity contribution in [2.24, 2.45) is 5.41 Å². The summed E-state index contributed by atoms with van der Waals surface area (Å²) in [7, 11) is 0. The molecule has 1 saturated carbocycles. The number of fused-ring (bicyclic) bond motifs is 1. The molecule has 0 spiro atoms. The third-order valence-electron chi connectivity index (χ3n) is 6.04. The standard InChI is InChI=1S/C27H29BrFN7/c1-27(2,3)15-32-24-17(12-30)13-31-26-21(24)10-19(11-22(26)28)33-25(16-4-6-18(29)7-5-16)23-14-36(35-34-23)20-8-9-20/h4-7,10-11,13-14,20,25,33-35H,8-9,15H2,1-3H3,(H,31,32)/i25D. The van der Waals surface area contributed by atoms with E-state index < -0.39 is 6.02 Å². The Labute approximate surface area is 220 Å². The van der Waals surface area contributed by atoms with Crippen molar-refractivity contribution >= 4 is 38.2 Å². The second-order valence-corrected chi connectivity index (χ2v) is 11.2. The minimum absolute atomic E-state index is 0.00459. The molecule has 1 aliphatic carbocycles. The van der Waals surface area contributed by atoms with Crippen LogP contribution in [0.4, 0.5) is 15.8 Å². The van der Waals surface area contributed by atoms with Crippen molar-refractivity contribution in [2.75, 3.05) is 17.2 Å². The van der Waals surface area contributed by atoms with E-state index in [0.717, 1.165) is 22.7 Å². The third kappa shape index (κ3) is 5.25. The minimum atomic E-state index is -1.46. The normalized spacial score (nSPS) is 17.6. The molecule has 1 aliphatic heterocycles. The van der Waals surface area contributed by atoms with Gasteiger partial charge in [-0.05, 0) is 64.0 Å². The van der Waals surface area contributed by atoms with Crippen LogP contribution in [0.1, 0.15) is 52.1 Å². The van der Waals surface area contributed by atoms with E-state index in [1.165, 1.54) is 12.1 Å². The van der Waals surface area contributed by atoms with E-state index in [9.17, 15) is 11.0 Å². The van der Waals surface area contributed by atoms with Crippen molar-refractivity contribution in [1.29, 1.82) is 5.26 Å². The Morgan fingerprint density at radius 1 is 1.31 bits per heavy atom. The molecule has 36 heavy (non-hydrogen) atoms. The first-order valence-electron chi connectivity index (χ1n) is 12.4. The summed E-state index contributed by atoms with van der Waals surface area (Å²) >= 11 is 3.64. The number of aromatic nitrogens is 1. The number of hydrogen-bond donors (Lipinski definition) is 4. The molecule has 1 fully saturated rings. The summed E-state index contributed by atoms with van der Waals surface area (Å²) in [5, 5.41) is 19.3. The number of nitrogens with zero attached hydrogens (tertiary/aromatic N) is 3. The highest BCUT2D eigenvalue weighted by atomic mass is 79.9. The van der Waals surface area contributed by atoms with Gasteiger partial charge in [0.15, 0.2) is 0 Å². The molecule has 0 bridgehead atoms. The predicted molar refractivity (Wildman–Crippen MR) is 144 cm³/mol. The second kappa shape index (κ2) is 9.60. The van der Waals surface area contributed by atoms with Crippen molar-refractivity contribution < 1.29 is 5.76 Å². The summed E-state index contributed by atoms with van der Waals surface area (Å²) < 4.78 is 24.1. The fourth-order valence-electron chi connectivity index (χ4n) is 4.02. The lowest BCUT2D eigenvalue weighted by atomic mass is 9.96. The minimum Gasteiger partial charge on any atom is -0.383 e. The van der Waals surface area contributed by atoms with Crippen LogP contribution in [0.5, 0.6) is 0 Å². The average molecular weight is 551 g/mol. The van der Waals surface area contributed by atoms with Crippen LogP contribution in [0.2, 0.25) is 0 Å². The van der Waals surface area contributed by atoms with Crippen LogP contribution >= 0.6 is 15.9 Å². The zero-order valence-corrected chi connectivity index (χ0v) is 22.0. The molecule has 0 amide bonds. The number of rotatable bonds is 7. The van der Waals surface area contributed by atoms with E-state index in [1.54, 1.807) is 18.3 Å². The van der Waals surface area contributed by atoms with Gasteiger partial charge >= 0.3 is 0 Å². The van der Waals surface area contributed by atoms with E-state index in [2.05, 4.69) is 69.3 Å². The second-order valence-electron chi connectivity index (χ2n) is 10.4. The molecule has 2 aromatic carbocycles. The lowest BCUT2D eigenvalue weighted by Crippen LogP contribution is -2.38. The molecule has 1 aromatic heterocycles. The topological polar surface area (TPSA) is 88.0 Å². The Morgan fingerprint density at radius 2 is 2.06 bits per heavy atom. The van der Waals surface area contributed by atoms with Gasteiger partial charge in [-0.1, -0.05) is 32.9 Å². The average Bonchev–Trinajstić information content (AvgIpc) is 3.58. The van der Waals surface area contributed by atoms with Crippen LogP contribution in [-0.4, -0.2) is 22.6 Å². The van der Waals surface area contributed by atoms with Gasteiger partial charge in [0.05, 0.1) is 29.9 Å². The van der Waals surface area contributed by atoms with E-state index in [4.69, 9.17) is 0 Å². The van der Waals surface area contributed by atoms with Crippen LogP contribution in [0, 0.1) is 22.6 Å². The highest BCUT2D eigenvalue weighted by Gasteiger charge is 2.32. The summed E-state index contributed by atoms with van der Waals surface area (Å²) in [4.78, 5) is 4.51. The molecule has 7 nitrogen and oxygen atoms in total. The van der Waals surface area contributed by atoms with Crippen molar-refractivity contribution in [3.63, 3.8) is 0 Å². The molecule has 2 heterocycles. The van der Waals surface area contributed by atoms with Gasteiger partial charge in [0, 0.05) is 40.5 Å². The third-order valence-corrected chi connectivity index (χ3v) is 6.64. The molecule has 0 radical (unpaired) electrons. The van der Waals surface area contributed by atoms with Crippen molar-refractivity contribution in [3.05, 3.63) is 75.9 Å². The number of hydrazine groups is 2. The Kier molecular flexibility index (Phi) is 6.15. The predicted octanol–water partition coefficient (Wildman–Crippen LogP) is 5.95. The van der Waals surface area contributed by atoms with Gasteiger partial charge in [-0.3, -0.25) is 9.99 Å². The number of nitrogens with one attached hydrogen (secondary N) is 4. The van der Waals surface area contributed by atoms with Crippen molar-refractivity contribution in [1.82, 2.24) is 21.0 Å². The summed E-state index contributed by atoms with van der Waals surface area (Å²) in [6.07, 6.45) is 5.64. The highest BCUT2D eigenvalue weighted by Crippen LogP contribution is 2.37. The molecule has 4 N–H and O–H groups in total. The van der Waals surface area contributed by atoms with Gasteiger partial charge < -0.3 is 16.1 Å². The zero-order valence-electron chi connectivity index (χ0n) is 21.4. The van der Waals surface area contributed by atoms with Crippen LogP contribution in [0.15, 0.2) is 59.0 Å². The fraction of sp³-hybridized carbons (Fsp3) is 0.333. The van der Waals surface area contributed by atoms with Gasteiger partial charge in [0.25, 0.3) is 0 Å². The summed E-state index contributed by atoms with van der Waals surface area (Å²) in [6.45, 7) is 7.03. The smallest absolute Gasteiger partial charge is 0.123 e. The number of nitriles is 1. The number of benzene rings is 2. The van der Waals surface area contributed by atoms with Crippen LogP contribution < -0.4 is 21.6 Å². The quantitative estimate of drug-likeness (QED) is 0.289. The lowest BCUT2D eigenvalue weighted by Gasteiger charge is -2.23. The van der Waals surface area contributed by atoms with E-state index in [-0.39, 0.29) is 11.2 Å². The van der Waals surface area contributed by atoms with Crippen LogP contribution in [-0.2, 0) is 0 Å². The zero-order chi connectivity index (χ0) is 26.4. The first kappa shape index (κ1) is 23.1. The summed E-state index contributed by atoms with van der Waals surface area (Å²) in [5.74, 6) is -0.365. The fourth-order valence-corrected chi connectivity index (χ4v) is 4.58. The molecule has 0 saturated heterocycles. The van der Waals surface area contributed by atoms with E-state index in [0.29, 0.717) is 46.3 Å². The van der Waals surface area contributed by atoms with Gasteiger partial charge in [0.1, 0.15) is 11.9 Å². The first-order valence-corrected chi connectivity index (χ1v) is 12.7. The Balaban J connectivity index is 1.60. The molecular formula is C27H29BrFN7. The van der Waals surface area contributed by atoms with Crippen LogP contribution in [0.3, 0.4) is 0 Å². The Morgan fingerprint density at radius 3 is 2.72 bits per heavy atom. The maximum atomic E-state index is 13.8. The SMILES string of the molecule is [2H]C(Nc1cc(Br)c2ncc(C#N)c(NCC(C)(C)C)c2c1)(C1=CN(C2CC2)NN1)c1ccc(F)cc1.